The van der Waals surface area contributed by atoms with Crippen LogP contribution in [0.1, 0.15) is 11.1 Å². The minimum absolute atomic E-state index is 0.0666. The molecule has 3 N–H and O–H groups in total. The number of aryl methyl sites for hydroxylation is 1. The van der Waals surface area contributed by atoms with Gasteiger partial charge in [-0.1, -0.05) is 41.4 Å². The highest BCUT2D eigenvalue weighted by Crippen LogP contribution is 2.09. The van der Waals surface area contributed by atoms with Crippen LogP contribution in [0.15, 0.2) is 53.4 Å². The van der Waals surface area contributed by atoms with Crippen LogP contribution in [0.2, 0.25) is 5.02 Å². The summed E-state index contributed by atoms with van der Waals surface area (Å²) in [5.74, 6) is 0. The van der Waals surface area contributed by atoms with Crippen LogP contribution in [0.3, 0.4) is 0 Å². The van der Waals surface area contributed by atoms with E-state index >= 15 is 0 Å². The van der Waals surface area contributed by atoms with Crippen molar-refractivity contribution in [2.75, 3.05) is 6.54 Å². The first kappa shape index (κ1) is 17.7. The molecule has 0 aliphatic heterocycles. The first-order valence-corrected chi connectivity index (χ1v) is 8.13. The summed E-state index contributed by atoms with van der Waals surface area (Å²) in [6.45, 7) is 2.54. The standard InChI is InChI=1S/C8H10ClN.C7H8O3S/c9-8-3-1-7(2-4-8)5-6-10;1-6-2-4-7(5-3-6)11(8,9)10/h1-4H,5-6,10H2;2-5H,1H3,(H,8,9,10). The second-order valence-electron chi connectivity index (χ2n) is 4.45. The van der Waals surface area contributed by atoms with Crippen molar-refractivity contribution in [3.63, 3.8) is 0 Å². The van der Waals surface area contributed by atoms with E-state index < -0.39 is 10.1 Å². The molecule has 2 aromatic carbocycles. The summed E-state index contributed by atoms with van der Waals surface area (Å²) in [6.07, 6.45) is 0.928. The molecule has 6 heteroatoms. The van der Waals surface area contributed by atoms with Gasteiger partial charge in [-0.3, -0.25) is 4.55 Å². The smallest absolute Gasteiger partial charge is 0.294 e. The Balaban J connectivity index is 0.000000211. The molecule has 0 aliphatic rings. The van der Waals surface area contributed by atoms with Crippen LogP contribution in [0, 0.1) is 6.92 Å². The van der Waals surface area contributed by atoms with E-state index in [-0.39, 0.29) is 4.90 Å². The second kappa shape index (κ2) is 8.14. The zero-order valence-corrected chi connectivity index (χ0v) is 13.2. The lowest BCUT2D eigenvalue weighted by Gasteiger charge is -1.96. The van der Waals surface area contributed by atoms with Crippen molar-refractivity contribution in [2.45, 2.75) is 18.2 Å². The molecule has 21 heavy (non-hydrogen) atoms. The summed E-state index contributed by atoms with van der Waals surface area (Å²) in [4.78, 5) is -0.0666. The van der Waals surface area contributed by atoms with Crippen LogP contribution in [0.5, 0.6) is 0 Å². The highest BCUT2D eigenvalue weighted by molar-refractivity contribution is 7.85. The minimum atomic E-state index is -4.02. The fraction of sp³-hybridized carbons (Fsp3) is 0.200. The highest BCUT2D eigenvalue weighted by Gasteiger charge is 2.06. The van der Waals surface area contributed by atoms with Gasteiger partial charge in [0.15, 0.2) is 0 Å². The van der Waals surface area contributed by atoms with Crippen LogP contribution in [0.25, 0.3) is 0 Å². The van der Waals surface area contributed by atoms with Gasteiger partial charge in [-0.2, -0.15) is 8.42 Å². The number of hydrogen-bond acceptors (Lipinski definition) is 3. The predicted molar refractivity (Wildman–Crippen MR) is 85.2 cm³/mol. The Bertz CT molecular complexity index is 652. The molecule has 0 saturated carbocycles. The minimum Gasteiger partial charge on any atom is -0.330 e. The number of nitrogens with two attached hydrogens (primary N) is 1. The maximum Gasteiger partial charge on any atom is 0.294 e. The molecule has 0 saturated heterocycles. The summed E-state index contributed by atoms with van der Waals surface area (Å²) >= 11 is 5.68. The molecule has 0 spiro atoms. The largest absolute Gasteiger partial charge is 0.330 e. The zero-order chi connectivity index (χ0) is 15.9. The van der Waals surface area contributed by atoms with Crippen LogP contribution in [-0.4, -0.2) is 19.5 Å². The third kappa shape index (κ3) is 6.73. The van der Waals surface area contributed by atoms with Crippen LogP contribution in [-0.2, 0) is 16.5 Å². The van der Waals surface area contributed by atoms with Crippen molar-refractivity contribution in [3.05, 3.63) is 64.7 Å². The highest BCUT2D eigenvalue weighted by atomic mass is 35.5. The molecule has 0 heterocycles. The third-order valence-corrected chi connectivity index (χ3v) is 3.78. The number of halogens is 1. The molecule has 0 unspecified atom stereocenters. The third-order valence-electron chi connectivity index (χ3n) is 2.67. The Morgan fingerprint density at radius 2 is 1.57 bits per heavy atom. The normalized spacial score (nSPS) is 10.7. The van der Waals surface area contributed by atoms with Gasteiger partial charge in [-0.05, 0) is 49.7 Å². The first-order valence-electron chi connectivity index (χ1n) is 6.31. The monoisotopic (exact) mass is 327 g/mol. The van der Waals surface area contributed by atoms with Gasteiger partial charge in [-0.15, -0.1) is 0 Å². The lowest BCUT2D eigenvalue weighted by molar-refractivity contribution is 0.483. The van der Waals surface area contributed by atoms with Crippen molar-refractivity contribution in [2.24, 2.45) is 5.73 Å². The molecular formula is C15H18ClNO3S. The van der Waals surface area contributed by atoms with Gasteiger partial charge in [0.25, 0.3) is 10.1 Å². The van der Waals surface area contributed by atoms with E-state index in [1.165, 1.54) is 17.7 Å². The summed E-state index contributed by atoms with van der Waals surface area (Å²) in [6, 6.07) is 13.7. The fourth-order valence-electron chi connectivity index (χ4n) is 1.53. The predicted octanol–water partition coefficient (Wildman–Crippen LogP) is 3.08. The van der Waals surface area contributed by atoms with E-state index in [4.69, 9.17) is 21.9 Å². The SMILES string of the molecule is Cc1ccc(S(=O)(=O)O)cc1.NCCc1ccc(Cl)cc1. The van der Waals surface area contributed by atoms with Gasteiger partial charge < -0.3 is 5.73 Å². The first-order chi connectivity index (χ1) is 9.82. The molecule has 0 radical (unpaired) electrons. The van der Waals surface area contributed by atoms with Crippen molar-refractivity contribution >= 4 is 21.7 Å². The summed E-state index contributed by atoms with van der Waals surface area (Å²) in [7, 11) is -4.02. The molecule has 0 atom stereocenters. The molecule has 114 valence electrons. The molecule has 0 amide bonds. The molecule has 0 bridgehead atoms. The van der Waals surface area contributed by atoms with E-state index in [9.17, 15) is 8.42 Å². The van der Waals surface area contributed by atoms with Crippen molar-refractivity contribution in [1.82, 2.24) is 0 Å². The molecule has 2 rings (SSSR count). The molecule has 0 fully saturated rings. The van der Waals surface area contributed by atoms with Crippen LogP contribution < -0.4 is 5.73 Å². The van der Waals surface area contributed by atoms with Crippen molar-refractivity contribution < 1.29 is 13.0 Å². The molecule has 2 aromatic rings. The van der Waals surface area contributed by atoms with Crippen molar-refractivity contribution in [1.29, 1.82) is 0 Å². The fourth-order valence-corrected chi connectivity index (χ4v) is 2.13. The van der Waals surface area contributed by atoms with Gasteiger partial charge >= 0.3 is 0 Å². The van der Waals surface area contributed by atoms with Gasteiger partial charge in [0.1, 0.15) is 0 Å². The van der Waals surface area contributed by atoms with Gasteiger partial charge in [0.2, 0.25) is 0 Å². The summed E-state index contributed by atoms with van der Waals surface area (Å²) in [5, 5.41) is 0.778. The second-order valence-corrected chi connectivity index (χ2v) is 6.31. The lowest BCUT2D eigenvalue weighted by atomic mass is 10.2. The van der Waals surface area contributed by atoms with E-state index in [0.717, 1.165) is 17.0 Å². The van der Waals surface area contributed by atoms with E-state index in [1.54, 1.807) is 12.1 Å². The lowest BCUT2D eigenvalue weighted by Crippen LogP contribution is -2.01. The number of benzene rings is 2. The maximum atomic E-state index is 10.5. The average molecular weight is 328 g/mol. The molecule has 0 aromatic heterocycles. The van der Waals surface area contributed by atoms with E-state index in [2.05, 4.69) is 0 Å². The Labute approximate surface area is 130 Å². The Kier molecular flexibility index (Phi) is 6.84. The topological polar surface area (TPSA) is 80.4 Å². The van der Waals surface area contributed by atoms with Crippen LogP contribution in [0.4, 0.5) is 0 Å². The Morgan fingerprint density at radius 1 is 1.05 bits per heavy atom. The van der Waals surface area contributed by atoms with Crippen LogP contribution >= 0.6 is 11.6 Å². The van der Waals surface area contributed by atoms with E-state index in [0.29, 0.717) is 6.54 Å². The quantitative estimate of drug-likeness (QED) is 0.849. The maximum absolute atomic E-state index is 10.5. The van der Waals surface area contributed by atoms with Gasteiger partial charge in [0.05, 0.1) is 4.90 Å². The number of rotatable bonds is 3. The van der Waals surface area contributed by atoms with Gasteiger partial charge in [-0.25, -0.2) is 0 Å². The Morgan fingerprint density at radius 3 is 2.00 bits per heavy atom. The zero-order valence-electron chi connectivity index (χ0n) is 11.7. The van der Waals surface area contributed by atoms with Gasteiger partial charge in [0, 0.05) is 5.02 Å². The summed E-state index contributed by atoms with van der Waals surface area (Å²) in [5.41, 5.74) is 7.56. The molecule has 0 aliphatic carbocycles. The molecular weight excluding hydrogens is 310 g/mol. The van der Waals surface area contributed by atoms with Crippen molar-refractivity contribution in [3.8, 4) is 0 Å². The number of hydrogen-bond donors (Lipinski definition) is 2. The average Bonchev–Trinajstić information content (AvgIpc) is 2.42. The molecule has 4 nitrogen and oxygen atoms in total. The Hall–Kier alpha value is -1.40. The van der Waals surface area contributed by atoms with E-state index in [1.807, 2.05) is 31.2 Å². The summed E-state index contributed by atoms with van der Waals surface area (Å²) < 4.78 is 29.6.